The average Bonchev–Trinajstić information content (AvgIpc) is 2.54. The predicted molar refractivity (Wildman–Crippen MR) is 58.9 cm³/mol. The molecule has 0 rings (SSSR count). The van der Waals surface area contributed by atoms with Gasteiger partial charge >= 0.3 is 21.9 Å². The van der Waals surface area contributed by atoms with Gasteiger partial charge in [-0.15, -0.1) is 0 Å². The van der Waals surface area contributed by atoms with Crippen LogP contribution in [0.25, 0.3) is 0 Å². The van der Waals surface area contributed by atoms with Gasteiger partial charge in [0.25, 0.3) is 0 Å². The fourth-order valence-corrected chi connectivity index (χ4v) is 0. The molecule has 0 aromatic carbocycles. The third kappa shape index (κ3) is 284000. The molecule has 0 spiro atoms. The minimum Gasteiger partial charge on any atom is -0.857 e. The molecule has 0 fully saturated rings. The van der Waals surface area contributed by atoms with Crippen molar-refractivity contribution in [3.8, 4) is 0 Å². The summed E-state index contributed by atoms with van der Waals surface area (Å²) >= 11 is 0. The van der Waals surface area contributed by atoms with E-state index in [1.807, 2.05) is 0 Å². The average molecular weight is 304 g/mol. The van der Waals surface area contributed by atoms with Crippen molar-refractivity contribution < 1.29 is 40.9 Å². The van der Waals surface area contributed by atoms with Crippen molar-refractivity contribution in [3.05, 3.63) is 0 Å². The molecule has 0 aliphatic rings. The fourth-order valence-electron chi connectivity index (χ4n) is 0. The van der Waals surface area contributed by atoms with Crippen LogP contribution in [0.1, 0.15) is 0 Å². The minimum atomic E-state index is 0. The summed E-state index contributed by atoms with van der Waals surface area (Å²) in [5.74, 6) is 0. The van der Waals surface area contributed by atoms with Crippen molar-refractivity contribution in [1.82, 2.24) is 0 Å². The molecule has 18 heavy (non-hydrogen) atoms. The zero-order valence-corrected chi connectivity index (χ0v) is 14.3. The molecule has 0 aromatic rings. The quantitative estimate of drug-likeness (QED) is 0.394. The summed E-state index contributed by atoms with van der Waals surface area (Å²) in [7, 11) is 6.00. The van der Waals surface area contributed by atoms with E-state index in [0.29, 0.717) is 0 Å². The SMILES string of the molecule is C[O-].C[O-].C[O-].C[O-].C[O-].C[O-].C[O-].C[O-].[Si+4].[Si+4]. The Morgan fingerprint density at radius 3 is 0.222 bits per heavy atom. The molecular weight excluding hydrogens is 280 g/mol. The van der Waals surface area contributed by atoms with Crippen molar-refractivity contribution in [2.45, 2.75) is 0 Å². The van der Waals surface area contributed by atoms with Gasteiger partial charge < -0.3 is 40.9 Å². The van der Waals surface area contributed by atoms with E-state index < -0.39 is 0 Å². The van der Waals surface area contributed by atoms with E-state index in [4.69, 9.17) is 40.9 Å². The first-order valence-corrected chi connectivity index (χ1v) is 3.27. The van der Waals surface area contributed by atoms with Crippen LogP contribution in [0.15, 0.2) is 0 Å². The van der Waals surface area contributed by atoms with Gasteiger partial charge in [-0.25, -0.2) is 0 Å². The zero-order chi connectivity index (χ0) is 16.0. The zero-order valence-electron chi connectivity index (χ0n) is 12.3. The molecule has 0 radical (unpaired) electrons. The van der Waals surface area contributed by atoms with Gasteiger partial charge in [0.05, 0.1) is 0 Å². The molecule has 112 valence electrons. The first kappa shape index (κ1) is 80.6. The molecule has 0 amide bonds. The van der Waals surface area contributed by atoms with Gasteiger partial charge in [-0.05, 0) is 0 Å². The summed E-state index contributed by atoms with van der Waals surface area (Å²) in [6, 6.07) is 0. The van der Waals surface area contributed by atoms with Crippen molar-refractivity contribution in [3.63, 3.8) is 0 Å². The second kappa shape index (κ2) is 343000. The maximum atomic E-state index is 8.25. The fraction of sp³-hybridized carbons (Fsp3) is 1.00. The second-order valence-electron chi connectivity index (χ2n) is 0. The van der Waals surface area contributed by atoms with E-state index in [1.165, 1.54) is 0 Å². The Morgan fingerprint density at radius 2 is 0.222 bits per heavy atom. The molecule has 0 unspecified atom stereocenters. The van der Waals surface area contributed by atoms with Crippen LogP contribution in [0.2, 0.25) is 0 Å². The van der Waals surface area contributed by atoms with Crippen LogP contribution in [-0.2, 0) is 0 Å². The molecule has 0 bridgehead atoms. The first-order valence-electron chi connectivity index (χ1n) is 3.27. The summed E-state index contributed by atoms with van der Waals surface area (Å²) in [5.41, 5.74) is 0. The molecule has 0 aliphatic heterocycles. The smallest absolute Gasteiger partial charge is 0.857 e. The number of rotatable bonds is 0. The van der Waals surface area contributed by atoms with Gasteiger partial charge in [-0.1, -0.05) is 0 Å². The summed E-state index contributed by atoms with van der Waals surface area (Å²) in [6.07, 6.45) is 0. The summed E-state index contributed by atoms with van der Waals surface area (Å²) < 4.78 is 0. The molecule has 0 aromatic heterocycles. The Morgan fingerprint density at radius 1 is 0.222 bits per heavy atom. The standard InChI is InChI=1S/8CH3O.2Si/c8*1-2;;/h8*1H3;;/q8*-1;2*+4. The number of hydrogen-bond acceptors (Lipinski definition) is 8. The van der Waals surface area contributed by atoms with E-state index in [1.54, 1.807) is 0 Å². The van der Waals surface area contributed by atoms with E-state index in [2.05, 4.69) is 0 Å². The minimum absolute atomic E-state index is 0. The normalized spacial score (nSPS) is 2.67. The third-order valence-corrected chi connectivity index (χ3v) is 0. The maximum absolute atomic E-state index is 8.25. The van der Waals surface area contributed by atoms with Crippen LogP contribution in [0, 0.1) is 0 Å². The van der Waals surface area contributed by atoms with Crippen LogP contribution in [0.3, 0.4) is 0 Å². The Labute approximate surface area is 120 Å². The van der Waals surface area contributed by atoms with Gasteiger partial charge in [-0.2, -0.15) is 56.9 Å². The summed E-state index contributed by atoms with van der Waals surface area (Å²) in [6.45, 7) is 0. The molecule has 0 atom stereocenters. The third-order valence-electron chi connectivity index (χ3n) is 0. The molecule has 10 heteroatoms. The van der Waals surface area contributed by atoms with Crippen LogP contribution < -0.4 is 40.9 Å². The number of hydrogen-bond donors (Lipinski definition) is 0. The van der Waals surface area contributed by atoms with Crippen LogP contribution in [0.4, 0.5) is 0 Å². The van der Waals surface area contributed by atoms with E-state index in [0.717, 1.165) is 56.9 Å². The Balaban J connectivity index is -0.00000000500. The van der Waals surface area contributed by atoms with Crippen molar-refractivity contribution in [2.75, 3.05) is 56.9 Å². The van der Waals surface area contributed by atoms with Gasteiger partial charge in [0.15, 0.2) is 0 Å². The van der Waals surface area contributed by atoms with Crippen LogP contribution in [-0.4, -0.2) is 78.8 Å². The summed E-state index contributed by atoms with van der Waals surface area (Å²) in [5, 5.41) is 66.0. The van der Waals surface area contributed by atoms with Gasteiger partial charge in [0.1, 0.15) is 0 Å². The van der Waals surface area contributed by atoms with Gasteiger partial charge in [0.2, 0.25) is 0 Å². The van der Waals surface area contributed by atoms with Crippen molar-refractivity contribution in [1.29, 1.82) is 0 Å². The van der Waals surface area contributed by atoms with E-state index >= 15 is 0 Å². The predicted octanol–water partition coefficient (Wildman–Crippen LogP) is -8.95. The molecule has 0 heterocycles. The van der Waals surface area contributed by atoms with E-state index in [9.17, 15) is 0 Å². The topological polar surface area (TPSA) is 184 Å². The molecule has 8 nitrogen and oxygen atoms in total. The molecule has 0 N–H and O–H groups in total. The molecule has 0 aliphatic carbocycles. The molecular formula is C8H24O8Si2. The Hall–Kier alpha value is 0.114. The Bertz CT molecular complexity index is 25.1. The van der Waals surface area contributed by atoms with Gasteiger partial charge in [-0.3, -0.25) is 0 Å². The van der Waals surface area contributed by atoms with Crippen LogP contribution >= 0.6 is 0 Å². The largest absolute Gasteiger partial charge is 4.00 e. The van der Waals surface area contributed by atoms with Gasteiger partial charge in [0, 0.05) is 0 Å². The second-order valence-corrected chi connectivity index (χ2v) is 0. The van der Waals surface area contributed by atoms with Crippen molar-refractivity contribution >= 4 is 21.9 Å². The summed E-state index contributed by atoms with van der Waals surface area (Å²) in [4.78, 5) is 0. The van der Waals surface area contributed by atoms with E-state index in [-0.39, 0.29) is 21.9 Å². The van der Waals surface area contributed by atoms with Crippen LogP contribution in [0.5, 0.6) is 0 Å². The maximum Gasteiger partial charge on any atom is 4.00 e. The monoisotopic (exact) mass is 304 g/mol. The Kier molecular flexibility index (Phi) is 1540000. The molecule has 0 saturated heterocycles. The first-order chi connectivity index (χ1) is 8.00. The molecule has 0 saturated carbocycles. The van der Waals surface area contributed by atoms with Crippen molar-refractivity contribution in [2.24, 2.45) is 0 Å².